The fourth-order valence-corrected chi connectivity index (χ4v) is 2.04. The molecule has 1 N–H and O–H groups in total. The number of hydrogen-bond acceptors (Lipinski definition) is 4. The lowest BCUT2D eigenvalue weighted by molar-refractivity contribution is -0.384. The highest BCUT2D eigenvalue weighted by Gasteiger charge is 2.13. The van der Waals surface area contributed by atoms with Gasteiger partial charge in [-0.05, 0) is 18.2 Å². The zero-order chi connectivity index (χ0) is 15.4. The second-order valence-electron chi connectivity index (χ2n) is 4.19. The summed E-state index contributed by atoms with van der Waals surface area (Å²) >= 11 is 5.86. The van der Waals surface area contributed by atoms with Crippen LogP contribution in [-0.2, 0) is 6.61 Å². The van der Waals surface area contributed by atoms with E-state index >= 15 is 0 Å². The zero-order valence-corrected chi connectivity index (χ0v) is 11.9. The molecule has 0 aliphatic rings. The first kappa shape index (κ1) is 15.1. The lowest BCUT2D eigenvalue weighted by Gasteiger charge is -2.12. The summed E-state index contributed by atoms with van der Waals surface area (Å²) in [6.45, 7) is -0.0431. The van der Waals surface area contributed by atoms with Crippen molar-refractivity contribution < 1.29 is 14.1 Å². The lowest BCUT2D eigenvalue weighted by atomic mass is 10.1. The van der Waals surface area contributed by atoms with Crippen LogP contribution in [0.25, 0.3) is 0 Å². The Hall–Kier alpha value is -2.34. The lowest BCUT2D eigenvalue weighted by Crippen LogP contribution is -2.03. The topological polar surface area (TPSA) is 64.4 Å². The van der Waals surface area contributed by atoms with Gasteiger partial charge in [0.25, 0.3) is 5.69 Å². The Morgan fingerprint density at radius 2 is 2.14 bits per heavy atom. The van der Waals surface area contributed by atoms with Gasteiger partial charge in [-0.1, -0.05) is 17.7 Å². The van der Waals surface area contributed by atoms with Gasteiger partial charge in [-0.25, -0.2) is 4.39 Å². The summed E-state index contributed by atoms with van der Waals surface area (Å²) in [4.78, 5) is 10.3. The van der Waals surface area contributed by atoms with Crippen LogP contribution in [0.15, 0.2) is 36.4 Å². The minimum Gasteiger partial charge on any atom is -0.484 e. The van der Waals surface area contributed by atoms with Crippen LogP contribution in [-0.4, -0.2) is 12.0 Å². The normalized spacial score (nSPS) is 10.2. The van der Waals surface area contributed by atoms with Crippen molar-refractivity contribution in [2.24, 2.45) is 0 Å². The SMILES string of the molecule is CNc1ccc([N+](=O)[O-])cc1COc1c(F)cccc1Cl. The van der Waals surface area contributed by atoms with E-state index in [4.69, 9.17) is 16.3 Å². The van der Waals surface area contributed by atoms with Crippen LogP contribution < -0.4 is 10.1 Å². The third-order valence-electron chi connectivity index (χ3n) is 2.86. The van der Waals surface area contributed by atoms with Gasteiger partial charge in [0.1, 0.15) is 6.61 Å². The van der Waals surface area contributed by atoms with Crippen molar-refractivity contribution in [2.75, 3.05) is 12.4 Å². The van der Waals surface area contributed by atoms with Crippen LogP contribution in [0.2, 0.25) is 5.02 Å². The molecule has 0 saturated carbocycles. The van der Waals surface area contributed by atoms with Gasteiger partial charge in [0.2, 0.25) is 0 Å². The molecule has 0 aromatic heterocycles. The Morgan fingerprint density at radius 1 is 1.38 bits per heavy atom. The third-order valence-corrected chi connectivity index (χ3v) is 3.16. The minimum atomic E-state index is -0.584. The van der Waals surface area contributed by atoms with E-state index in [-0.39, 0.29) is 23.1 Å². The molecule has 0 spiro atoms. The van der Waals surface area contributed by atoms with Crippen LogP contribution in [0, 0.1) is 15.9 Å². The molecule has 0 unspecified atom stereocenters. The number of para-hydroxylation sites is 1. The number of halogens is 2. The van der Waals surface area contributed by atoms with Crippen LogP contribution in [0.3, 0.4) is 0 Å². The molecule has 0 saturated heterocycles. The Kier molecular flexibility index (Phi) is 4.59. The summed E-state index contributed by atoms with van der Waals surface area (Å²) in [6.07, 6.45) is 0. The van der Waals surface area contributed by atoms with Crippen molar-refractivity contribution >= 4 is 23.0 Å². The molecule has 0 aliphatic heterocycles. The van der Waals surface area contributed by atoms with E-state index < -0.39 is 10.7 Å². The van der Waals surface area contributed by atoms with E-state index in [0.29, 0.717) is 11.3 Å². The monoisotopic (exact) mass is 310 g/mol. The van der Waals surface area contributed by atoms with E-state index in [9.17, 15) is 14.5 Å². The Balaban J connectivity index is 2.26. The number of hydrogen-bond donors (Lipinski definition) is 1. The molecule has 0 amide bonds. The highest BCUT2D eigenvalue weighted by molar-refractivity contribution is 6.32. The first-order chi connectivity index (χ1) is 10.0. The number of rotatable bonds is 5. The fraction of sp³-hybridized carbons (Fsp3) is 0.143. The highest BCUT2D eigenvalue weighted by atomic mass is 35.5. The molecule has 0 radical (unpaired) electrons. The van der Waals surface area contributed by atoms with Crippen LogP contribution in [0.4, 0.5) is 15.8 Å². The van der Waals surface area contributed by atoms with Crippen molar-refractivity contribution in [2.45, 2.75) is 6.61 Å². The summed E-state index contributed by atoms with van der Waals surface area (Å²) < 4.78 is 19.0. The summed E-state index contributed by atoms with van der Waals surface area (Å²) in [6, 6.07) is 8.53. The molecule has 0 atom stereocenters. The second kappa shape index (κ2) is 6.41. The number of nitro benzene ring substituents is 1. The largest absolute Gasteiger partial charge is 0.484 e. The van der Waals surface area contributed by atoms with Crippen molar-refractivity contribution in [3.05, 3.63) is 62.9 Å². The minimum absolute atomic E-state index is 0.0431. The van der Waals surface area contributed by atoms with Crippen LogP contribution >= 0.6 is 11.6 Å². The molecule has 5 nitrogen and oxygen atoms in total. The Bertz CT molecular complexity index is 659. The van der Waals surface area contributed by atoms with E-state index in [1.807, 2.05) is 0 Å². The predicted octanol–water partition coefficient (Wildman–Crippen LogP) is 4.01. The van der Waals surface area contributed by atoms with Gasteiger partial charge in [0, 0.05) is 30.4 Å². The number of nitrogens with zero attached hydrogens (tertiary/aromatic N) is 1. The standard InChI is InChI=1S/C14H12ClFN2O3/c1-17-13-6-5-10(18(19)20)7-9(13)8-21-14-11(15)3-2-4-12(14)16/h2-7,17H,8H2,1H3. The van der Waals surface area contributed by atoms with Crippen LogP contribution in [0.5, 0.6) is 5.75 Å². The molecule has 0 bridgehead atoms. The second-order valence-corrected chi connectivity index (χ2v) is 4.60. The van der Waals surface area contributed by atoms with Crippen molar-refractivity contribution in [1.29, 1.82) is 0 Å². The zero-order valence-electron chi connectivity index (χ0n) is 11.1. The van der Waals surface area contributed by atoms with Crippen molar-refractivity contribution in [3.8, 4) is 5.75 Å². The molecule has 7 heteroatoms. The fourth-order valence-electron chi connectivity index (χ4n) is 1.83. The maximum Gasteiger partial charge on any atom is 0.269 e. The molecule has 110 valence electrons. The number of anilines is 1. The average Bonchev–Trinajstić information content (AvgIpc) is 2.46. The first-order valence-electron chi connectivity index (χ1n) is 6.05. The molecule has 2 aromatic rings. The maximum atomic E-state index is 13.6. The van der Waals surface area contributed by atoms with Gasteiger partial charge in [-0.2, -0.15) is 0 Å². The highest BCUT2D eigenvalue weighted by Crippen LogP contribution is 2.29. The molecule has 0 fully saturated rings. The van der Waals surface area contributed by atoms with Gasteiger partial charge < -0.3 is 10.1 Å². The summed E-state index contributed by atoms with van der Waals surface area (Å²) in [7, 11) is 1.68. The smallest absolute Gasteiger partial charge is 0.269 e. The van der Waals surface area contributed by atoms with E-state index in [1.165, 1.54) is 30.3 Å². The maximum absolute atomic E-state index is 13.6. The van der Waals surface area contributed by atoms with Gasteiger partial charge in [-0.3, -0.25) is 10.1 Å². The van der Waals surface area contributed by atoms with Crippen molar-refractivity contribution in [3.63, 3.8) is 0 Å². The molecule has 21 heavy (non-hydrogen) atoms. The third kappa shape index (κ3) is 3.41. The molecule has 2 aromatic carbocycles. The molecular weight excluding hydrogens is 299 g/mol. The summed E-state index contributed by atoms with van der Waals surface area (Å²) in [5.74, 6) is -0.660. The number of non-ortho nitro benzene ring substituents is 1. The molecule has 0 heterocycles. The molecule has 2 rings (SSSR count). The number of nitro groups is 1. The van der Waals surface area contributed by atoms with Crippen LogP contribution in [0.1, 0.15) is 5.56 Å². The van der Waals surface area contributed by atoms with Gasteiger partial charge in [0.15, 0.2) is 11.6 Å². The molecule has 0 aliphatic carbocycles. The molecular formula is C14H12ClFN2O3. The van der Waals surface area contributed by atoms with E-state index in [1.54, 1.807) is 13.1 Å². The summed E-state index contributed by atoms with van der Waals surface area (Å²) in [5.41, 5.74) is 1.13. The van der Waals surface area contributed by atoms with E-state index in [0.717, 1.165) is 0 Å². The number of benzene rings is 2. The number of ether oxygens (including phenoxy) is 1. The quantitative estimate of drug-likeness (QED) is 0.669. The Morgan fingerprint density at radius 3 is 2.76 bits per heavy atom. The van der Waals surface area contributed by atoms with Crippen molar-refractivity contribution in [1.82, 2.24) is 0 Å². The van der Waals surface area contributed by atoms with Gasteiger partial charge >= 0.3 is 0 Å². The summed E-state index contributed by atoms with van der Waals surface area (Å²) in [5, 5.41) is 13.8. The predicted molar refractivity (Wildman–Crippen MR) is 78.4 cm³/mol. The number of nitrogens with one attached hydrogen (secondary N) is 1. The Labute approximate surface area is 125 Å². The first-order valence-corrected chi connectivity index (χ1v) is 6.42. The van der Waals surface area contributed by atoms with Gasteiger partial charge in [0.05, 0.1) is 9.95 Å². The average molecular weight is 311 g/mol. The van der Waals surface area contributed by atoms with E-state index in [2.05, 4.69) is 5.32 Å². The van der Waals surface area contributed by atoms with Gasteiger partial charge in [-0.15, -0.1) is 0 Å².